The van der Waals surface area contributed by atoms with Crippen LogP contribution >= 0.6 is 0 Å². The zero-order valence-corrected chi connectivity index (χ0v) is 14.8. The third-order valence-corrected chi connectivity index (χ3v) is 6.53. The molecule has 1 aliphatic carbocycles. The molecule has 130 valence electrons. The summed E-state index contributed by atoms with van der Waals surface area (Å²) in [5, 5.41) is 4.24. The van der Waals surface area contributed by atoms with E-state index in [4.69, 9.17) is 0 Å². The van der Waals surface area contributed by atoms with Gasteiger partial charge in [0.1, 0.15) is 0 Å². The molecule has 1 aliphatic heterocycles. The maximum Gasteiger partial charge on any atom is 0.211 e. The van der Waals surface area contributed by atoms with Gasteiger partial charge in [0, 0.05) is 31.0 Å². The van der Waals surface area contributed by atoms with Crippen molar-refractivity contribution in [3.05, 3.63) is 18.5 Å². The van der Waals surface area contributed by atoms with Crippen molar-refractivity contribution in [1.82, 2.24) is 19.0 Å². The van der Waals surface area contributed by atoms with E-state index in [0.29, 0.717) is 0 Å². The fourth-order valence-electron chi connectivity index (χ4n) is 3.77. The van der Waals surface area contributed by atoms with Crippen LogP contribution in [0.25, 0.3) is 0 Å². The Hall–Kier alpha value is -0.920. The molecule has 1 saturated heterocycles. The van der Waals surface area contributed by atoms with Crippen LogP contribution in [-0.2, 0) is 16.6 Å². The number of hydrogen-bond donors (Lipinski definition) is 0. The lowest BCUT2D eigenvalue weighted by atomic mass is 9.91. The second-order valence-corrected chi connectivity index (χ2v) is 8.76. The molecule has 0 aromatic carbocycles. The molecular weight excluding hydrogens is 312 g/mol. The summed E-state index contributed by atoms with van der Waals surface area (Å²) in [5.41, 5.74) is 0. The molecule has 7 heteroatoms. The fraction of sp³-hybridized carbons (Fsp3) is 0.812. The van der Waals surface area contributed by atoms with Crippen LogP contribution in [-0.4, -0.2) is 65.4 Å². The Morgan fingerprint density at radius 1 is 1.09 bits per heavy atom. The fourth-order valence-corrected chi connectivity index (χ4v) is 5.28. The van der Waals surface area contributed by atoms with Crippen molar-refractivity contribution < 1.29 is 8.42 Å². The van der Waals surface area contributed by atoms with Gasteiger partial charge in [-0.05, 0) is 51.3 Å². The number of hydrogen-bond acceptors (Lipinski definition) is 4. The minimum atomic E-state index is -3.11. The largest absolute Gasteiger partial charge is 0.301 e. The molecule has 0 N–H and O–H groups in total. The van der Waals surface area contributed by atoms with Crippen molar-refractivity contribution in [3.63, 3.8) is 0 Å². The molecule has 1 aromatic heterocycles. The predicted molar refractivity (Wildman–Crippen MR) is 90.6 cm³/mol. The Morgan fingerprint density at radius 2 is 1.83 bits per heavy atom. The van der Waals surface area contributed by atoms with E-state index in [9.17, 15) is 8.42 Å². The first kappa shape index (κ1) is 16.9. The molecule has 3 rings (SSSR count). The summed E-state index contributed by atoms with van der Waals surface area (Å²) in [5.74, 6) is 0. The van der Waals surface area contributed by atoms with Crippen LogP contribution < -0.4 is 0 Å². The molecule has 23 heavy (non-hydrogen) atoms. The van der Waals surface area contributed by atoms with Crippen molar-refractivity contribution in [1.29, 1.82) is 0 Å². The molecule has 1 unspecified atom stereocenters. The molecule has 0 amide bonds. The van der Waals surface area contributed by atoms with Gasteiger partial charge in [-0.1, -0.05) is 6.42 Å². The molecule has 2 fully saturated rings. The van der Waals surface area contributed by atoms with Gasteiger partial charge in [0.15, 0.2) is 0 Å². The summed E-state index contributed by atoms with van der Waals surface area (Å²) < 4.78 is 28.3. The zero-order valence-electron chi connectivity index (χ0n) is 14.0. The number of aromatic nitrogens is 2. The molecule has 1 saturated carbocycles. The Bertz CT molecular complexity index is 583. The van der Waals surface area contributed by atoms with E-state index >= 15 is 0 Å². The lowest BCUT2D eigenvalue weighted by Crippen LogP contribution is -2.49. The predicted octanol–water partition coefficient (Wildman–Crippen LogP) is 1.55. The Labute approximate surface area is 139 Å². The molecule has 0 spiro atoms. The van der Waals surface area contributed by atoms with Gasteiger partial charge in [-0.2, -0.15) is 9.40 Å². The average molecular weight is 340 g/mol. The first-order valence-corrected chi connectivity index (χ1v) is 10.6. The van der Waals surface area contributed by atoms with Crippen LogP contribution in [0.15, 0.2) is 18.5 Å². The first-order chi connectivity index (χ1) is 11.0. The first-order valence-electron chi connectivity index (χ1n) is 8.72. The van der Waals surface area contributed by atoms with Crippen LogP contribution in [0.3, 0.4) is 0 Å². The average Bonchev–Trinajstić information content (AvgIpc) is 2.85. The van der Waals surface area contributed by atoms with Gasteiger partial charge in [0.2, 0.25) is 10.0 Å². The summed E-state index contributed by atoms with van der Waals surface area (Å²) in [6.07, 6.45) is 11.4. The van der Waals surface area contributed by atoms with E-state index < -0.39 is 10.0 Å². The van der Waals surface area contributed by atoms with Crippen LogP contribution in [0, 0.1) is 0 Å². The molecule has 2 heterocycles. The second-order valence-electron chi connectivity index (χ2n) is 6.87. The third-order valence-electron chi connectivity index (χ3n) is 5.17. The molecule has 1 aromatic rings. The highest BCUT2D eigenvalue weighted by Crippen LogP contribution is 2.31. The molecule has 2 aliphatic rings. The van der Waals surface area contributed by atoms with Gasteiger partial charge in [0.05, 0.1) is 12.8 Å². The SMILES string of the molecule is CS(=O)(=O)N(C1CCC1)C1CCCN(CCn2cccn2)CC1. The molecule has 6 nitrogen and oxygen atoms in total. The standard InChI is InChI=1S/C16H28N4O2S/c1-23(21,22)20(15-5-2-6-15)16-7-3-10-18(12-8-16)13-14-19-11-4-9-17-19/h4,9,11,15-16H,2-3,5-8,10,12-14H2,1H3. The van der Waals surface area contributed by atoms with Crippen LogP contribution in [0.5, 0.6) is 0 Å². The topological polar surface area (TPSA) is 58.4 Å². The summed E-state index contributed by atoms with van der Waals surface area (Å²) in [7, 11) is -3.11. The van der Waals surface area contributed by atoms with Crippen molar-refractivity contribution >= 4 is 10.0 Å². The van der Waals surface area contributed by atoms with Gasteiger partial charge >= 0.3 is 0 Å². The van der Waals surface area contributed by atoms with Crippen molar-refractivity contribution in [2.45, 2.75) is 57.2 Å². The minimum absolute atomic E-state index is 0.185. The van der Waals surface area contributed by atoms with Crippen molar-refractivity contribution in [3.8, 4) is 0 Å². The summed E-state index contributed by atoms with van der Waals surface area (Å²) in [4.78, 5) is 2.45. The van der Waals surface area contributed by atoms with E-state index in [2.05, 4.69) is 10.00 Å². The maximum absolute atomic E-state index is 12.2. The van der Waals surface area contributed by atoms with E-state index in [1.165, 1.54) is 12.7 Å². The number of likely N-dealkylation sites (tertiary alicyclic amines) is 1. The van der Waals surface area contributed by atoms with Gasteiger partial charge in [-0.3, -0.25) is 4.68 Å². The monoisotopic (exact) mass is 340 g/mol. The number of sulfonamides is 1. The quantitative estimate of drug-likeness (QED) is 0.788. The van der Waals surface area contributed by atoms with E-state index in [0.717, 1.165) is 58.3 Å². The molecule has 0 radical (unpaired) electrons. The third kappa shape index (κ3) is 4.33. The smallest absolute Gasteiger partial charge is 0.211 e. The maximum atomic E-state index is 12.2. The molecular formula is C16H28N4O2S. The summed E-state index contributed by atoms with van der Waals surface area (Å²) in [6.45, 7) is 3.91. The Morgan fingerprint density at radius 3 is 2.43 bits per heavy atom. The van der Waals surface area contributed by atoms with E-state index in [1.807, 2.05) is 21.3 Å². The van der Waals surface area contributed by atoms with Crippen molar-refractivity contribution in [2.75, 3.05) is 25.9 Å². The highest BCUT2D eigenvalue weighted by molar-refractivity contribution is 7.88. The Balaban J connectivity index is 1.56. The van der Waals surface area contributed by atoms with E-state index in [-0.39, 0.29) is 12.1 Å². The highest BCUT2D eigenvalue weighted by Gasteiger charge is 2.37. The van der Waals surface area contributed by atoms with Crippen LogP contribution in [0.1, 0.15) is 38.5 Å². The number of rotatable bonds is 6. The van der Waals surface area contributed by atoms with E-state index in [1.54, 1.807) is 6.20 Å². The Kier molecular flexibility index (Phi) is 5.38. The molecule has 0 bridgehead atoms. The summed E-state index contributed by atoms with van der Waals surface area (Å²) in [6, 6.07) is 2.39. The lowest BCUT2D eigenvalue weighted by Gasteiger charge is -2.40. The normalized spacial score (nSPS) is 24.5. The lowest BCUT2D eigenvalue weighted by molar-refractivity contribution is 0.161. The number of nitrogens with zero attached hydrogens (tertiary/aromatic N) is 4. The summed E-state index contributed by atoms with van der Waals surface area (Å²) >= 11 is 0. The van der Waals surface area contributed by atoms with Crippen LogP contribution in [0.2, 0.25) is 0 Å². The minimum Gasteiger partial charge on any atom is -0.301 e. The van der Waals surface area contributed by atoms with Gasteiger partial charge < -0.3 is 4.90 Å². The van der Waals surface area contributed by atoms with Gasteiger partial charge in [-0.25, -0.2) is 8.42 Å². The van der Waals surface area contributed by atoms with Crippen molar-refractivity contribution in [2.24, 2.45) is 0 Å². The second kappa shape index (κ2) is 7.32. The highest BCUT2D eigenvalue weighted by atomic mass is 32.2. The molecule has 1 atom stereocenters. The van der Waals surface area contributed by atoms with Crippen LogP contribution in [0.4, 0.5) is 0 Å². The zero-order chi connectivity index (χ0) is 16.3. The van der Waals surface area contributed by atoms with Gasteiger partial charge in [0.25, 0.3) is 0 Å². The van der Waals surface area contributed by atoms with Gasteiger partial charge in [-0.15, -0.1) is 0 Å².